The fourth-order valence-corrected chi connectivity index (χ4v) is 8.05. The standard InChI is InChI=1S/C49H29N3O/c1-3-12-30(13-4-1)31-22-24-33(25-23-31)48-50-47(32-14-5-2-6-15-32)51-49(52-48)42-29-28-40(46-45(42)41-18-9-10-21-43(41)53-46)36-26-27-39-35-17-8-7-16-34(35)37-19-11-20-38(36)44(37)39/h1-29H. The average molecular weight is 676 g/mol. The van der Waals surface area contributed by atoms with Crippen LogP contribution in [0, 0.1) is 0 Å². The van der Waals surface area contributed by atoms with E-state index >= 15 is 0 Å². The van der Waals surface area contributed by atoms with Gasteiger partial charge in [0.05, 0.1) is 0 Å². The normalized spacial score (nSPS) is 11.8. The van der Waals surface area contributed by atoms with Crippen LogP contribution in [0.15, 0.2) is 180 Å². The van der Waals surface area contributed by atoms with Gasteiger partial charge in [-0.1, -0.05) is 158 Å². The highest BCUT2D eigenvalue weighted by atomic mass is 16.3. The molecule has 8 aromatic carbocycles. The van der Waals surface area contributed by atoms with E-state index in [0.717, 1.165) is 55.3 Å². The van der Waals surface area contributed by atoms with E-state index in [2.05, 4.69) is 127 Å². The SMILES string of the molecule is c1ccc(-c2ccc(-c3nc(-c4ccccc4)nc(-c4ccc(-c5ccc6c7c(cccc57)-c5ccccc5-6)c5oc6ccccc6c45)n3)cc2)cc1. The van der Waals surface area contributed by atoms with Gasteiger partial charge >= 0.3 is 0 Å². The van der Waals surface area contributed by atoms with Gasteiger partial charge in [0.25, 0.3) is 0 Å². The van der Waals surface area contributed by atoms with Crippen LogP contribution in [0.4, 0.5) is 0 Å². The number of para-hydroxylation sites is 1. The molecular formula is C49H29N3O. The Kier molecular flexibility index (Phi) is 6.52. The Balaban J connectivity index is 1.13. The van der Waals surface area contributed by atoms with Gasteiger partial charge in [0.2, 0.25) is 0 Å². The van der Waals surface area contributed by atoms with E-state index in [4.69, 9.17) is 19.4 Å². The topological polar surface area (TPSA) is 51.8 Å². The Bertz CT molecular complexity index is 3010. The number of hydrogen-bond donors (Lipinski definition) is 0. The zero-order valence-corrected chi connectivity index (χ0v) is 28.5. The number of nitrogens with zero attached hydrogens (tertiary/aromatic N) is 3. The van der Waals surface area contributed by atoms with E-state index in [9.17, 15) is 0 Å². The van der Waals surface area contributed by atoms with Crippen LogP contribution in [-0.4, -0.2) is 15.0 Å². The lowest BCUT2D eigenvalue weighted by Gasteiger charge is -2.13. The third-order valence-electron chi connectivity index (χ3n) is 10.5. The zero-order chi connectivity index (χ0) is 34.9. The third-order valence-corrected chi connectivity index (χ3v) is 10.5. The minimum absolute atomic E-state index is 0.597. The molecule has 2 heterocycles. The molecule has 0 spiro atoms. The van der Waals surface area contributed by atoms with Crippen LogP contribution >= 0.6 is 0 Å². The Hall–Kier alpha value is -7.17. The van der Waals surface area contributed by atoms with Crippen LogP contribution in [0.25, 0.3) is 111 Å². The molecule has 0 atom stereocenters. The second kappa shape index (κ2) is 11.7. The summed E-state index contributed by atoms with van der Waals surface area (Å²) in [6.07, 6.45) is 0. The average Bonchev–Trinajstić information content (AvgIpc) is 3.79. The molecule has 0 N–H and O–H groups in total. The molecule has 1 aliphatic carbocycles. The molecule has 1 aliphatic rings. The molecule has 0 fully saturated rings. The van der Waals surface area contributed by atoms with Gasteiger partial charge < -0.3 is 4.42 Å². The second-order valence-electron chi connectivity index (χ2n) is 13.5. The zero-order valence-electron chi connectivity index (χ0n) is 28.5. The molecule has 0 saturated heterocycles. The van der Waals surface area contributed by atoms with Crippen LogP contribution in [0.3, 0.4) is 0 Å². The maximum Gasteiger partial charge on any atom is 0.164 e. The highest BCUT2D eigenvalue weighted by Crippen LogP contribution is 2.50. The van der Waals surface area contributed by atoms with E-state index < -0.39 is 0 Å². The maximum atomic E-state index is 6.80. The van der Waals surface area contributed by atoms with Gasteiger partial charge in [-0.2, -0.15) is 0 Å². The predicted octanol–water partition coefficient (Wildman–Crippen LogP) is 12.9. The largest absolute Gasteiger partial charge is 0.455 e. The molecule has 0 unspecified atom stereocenters. The van der Waals surface area contributed by atoms with Crippen molar-refractivity contribution in [1.29, 1.82) is 0 Å². The number of fused-ring (bicyclic) bond motifs is 6. The van der Waals surface area contributed by atoms with Crippen molar-refractivity contribution in [3.63, 3.8) is 0 Å². The van der Waals surface area contributed by atoms with Crippen molar-refractivity contribution in [2.45, 2.75) is 0 Å². The van der Waals surface area contributed by atoms with Gasteiger partial charge in [0.15, 0.2) is 17.5 Å². The van der Waals surface area contributed by atoms with E-state index in [1.54, 1.807) is 0 Å². The second-order valence-corrected chi connectivity index (χ2v) is 13.5. The Morgan fingerprint density at radius 2 is 0.774 bits per heavy atom. The van der Waals surface area contributed by atoms with E-state index in [-0.39, 0.29) is 0 Å². The molecule has 2 aromatic heterocycles. The van der Waals surface area contributed by atoms with Crippen molar-refractivity contribution < 1.29 is 4.42 Å². The van der Waals surface area contributed by atoms with Crippen molar-refractivity contribution in [2.24, 2.45) is 0 Å². The first-order valence-electron chi connectivity index (χ1n) is 17.9. The highest BCUT2D eigenvalue weighted by Gasteiger charge is 2.25. The molecule has 4 nitrogen and oxygen atoms in total. The summed E-state index contributed by atoms with van der Waals surface area (Å²) < 4.78 is 6.80. The van der Waals surface area contributed by atoms with Crippen LogP contribution in [0.1, 0.15) is 0 Å². The monoisotopic (exact) mass is 675 g/mol. The summed E-state index contributed by atoms with van der Waals surface area (Å²) in [5.41, 5.74) is 14.0. The van der Waals surface area contributed by atoms with Gasteiger partial charge in [-0.15, -0.1) is 0 Å². The summed E-state index contributed by atoms with van der Waals surface area (Å²) in [6.45, 7) is 0. The summed E-state index contributed by atoms with van der Waals surface area (Å²) in [4.78, 5) is 15.4. The minimum atomic E-state index is 0.597. The van der Waals surface area contributed by atoms with Crippen molar-refractivity contribution in [1.82, 2.24) is 15.0 Å². The molecule has 4 heteroatoms. The van der Waals surface area contributed by atoms with E-state index in [1.165, 1.54) is 38.6 Å². The smallest absolute Gasteiger partial charge is 0.164 e. The Labute approximate surface area is 305 Å². The van der Waals surface area contributed by atoms with Crippen LogP contribution < -0.4 is 0 Å². The fourth-order valence-electron chi connectivity index (χ4n) is 8.05. The van der Waals surface area contributed by atoms with Crippen LogP contribution in [0.2, 0.25) is 0 Å². The van der Waals surface area contributed by atoms with Gasteiger partial charge in [-0.05, 0) is 67.9 Å². The lowest BCUT2D eigenvalue weighted by molar-refractivity contribution is 0.670. The van der Waals surface area contributed by atoms with Crippen LogP contribution in [0.5, 0.6) is 0 Å². The van der Waals surface area contributed by atoms with Crippen molar-refractivity contribution in [2.75, 3.05) is 0 Å². The van der Waals surface area contributed by atoms with Gasteiger partial charge in [-0.25, -0.2) is 15.0 Å². The molecule has 11 rings (SSSR count). The molecule has 0 saturated carbocycles. The van der Waals surface area contributed by atoms with Crippen LogP contribution in [-0.2, 0) is 0 Å². The lowest BCUT2D eigenvalue weighted by atomic mass is 9.92. The summed E-state index contributed by atoms with van der Waals surface area (Å²) in [5, 5.41) is 4.50. The number of aromatic nitrogens is 3. The fraction of sp³-hybridized carbons (Fsp3) is 0. The summed E-state index contributed by atoms with van der Waals surface area (Å²) in [7, 11) is 0. The number of furan rings is 1. The molecule has 246 valence electrons. The minimum Gasteiger partial charge on any atom is -0.455 e. The Morgan fingerprint density at radius 3 is 1.53 bits per heavy atom. The quantitative estimate of drug-likeness (QED) is 0.182. The molecule has 0 radical (unpaired) electrons. The summed E-state index contributed by atoms with van der Waals surface area (Å²) >= 11 is 0. The van der Waals surface area contributed by atoms with Crippen molar-refractivity contribution in [3.8, 4) is 78.7 Å². The highest BCUT2D eigenvalue weighted by molar-refractivity contribution is 6.22. The first-order valence-corrected chi connectivity index (χ1v) is 17.9. The predicted molar refractivity (Wildman–Crippen MR) is 216 cm³/mol. The maximum absolute atomic E-state index is 6.80. The number of benzene rings is 8. The van der Waals surface area contributed by atoms with Gasteiger partial charge in [-0.3, -0.25) is 0 Å². The lowest BCUT2D eigenvalue weighted by Crippen LogP contribution is -2.00. The molecule has 0 amide bonds. The van der Waals surface area contributed by atoms with Crippen molar-refractivity contribution in [3.05, 3.63) is 176 Å². The first kappa shape index (κ1) is 29.5. The molecule has 53 heavy (non-hydrogen) atoms. The first-order chi connectivity index (χ1) is 26.3. The van der Waals surface area contributed by atoms with Crippen molar-refractivity contribution >= 4 is 32.7 Å². The molecule has 0 bridgehead atoms. The van der Waals surface area contributed by atoms with E-state index in [1.807, 2.05) is 48.5 Å². The molecule has 10 aromatic rings. The summed E-state index contributed by atoms with van der Waals surface area (Å²) in [5.74, 6) is 1.83. The molecule has 0 aliphatic heterocycles. The third kappa shape index (κ3) is 4.66. The van der Waals surface area contributed by atoms with Gasteiger partial charge in [0.1, 0.15) is 11.2 Å². The number of hydrogen-bond acceptors (Lipinski definition) is 4. The van der Waals surface area contributed by atoms with Gasteiger partial charge in [0, 0.05) is 33.0 Å². The molecular weight excluding hydrogens is 647 g/mol. The van der Waals surface area contributed by atoms with E-state index in [0.29, 0.717) is 17.5 Å². The Morgan fingerprint density at radius 1 is 0.283 bits per heavy atom. The summed E-state index contributed by atoms with van der Waals surface area (Å²) in [6, 6.07) is 61.4. The number of rotatable bonds is 5.